The van der Waals surface area contributed by atoms with Crippen LogP contribution in [0.1, 0.15) is 39.0 Å². The van der Waals surface area contributed by atoms with Gasteiger partial charge >= 0.3 is 0 Å². The van der Waals surface area contributed by atoms with Crippen molar-refractivity contribution in [2.75, 3.05) is 48.4 Å². The monoisotopic (exact) mass is 453 g/mol. The molecule has 1 saturated heterocycles. The van der Waals surface area contributed by atoms with Gasteiger partial charge in [0.15, 0.2) is 11.6 Å². The van der Waals surface area contributed by atoms with Crippen molar-refractivity contribution < 1.29 is 14.3 Å². The van der Waals surface area contributed by atoms with E-state index < -0.39 is 0 Å². The van der Waals surface area contributed by atoms with Gasteiger partial charge in [-0.2, -0.15) is 4.98 Å². The quantitative estimate of drug-likeness (QED) is 0.581. The van der Waals surface area contributed by atoms with E-state index in [1.807, 2.05) is 18.3 Å². The molecule has 3 heterocycles. The second-order valence-corrected chi connectivity index (χ2v) is 8.43. The summed E-state index contributed by atoms with van der Waals surface area (Å²) < 4.78 is 5.47. The molecule has 0 bridgehead atoms. The van der Waals surface area contributed by atoms with Crippen LogP contribution >= 0.6 is 0 Å². The maximum Gasteiger partial charge on any atom is 0.235 e. The maximum absolute atomic E-state index is 13.0. The predicted molar refractivity (Wildman–Crippen MR) is 126 cm³/mol. The van der Waals surface area contributed by atoms with Gasteiger partial charge in [0.05, 0.1) is 31.6 Å². The highest BCUT2D eigenvalue weighted by Crippen LogP contribution is 2.34. The molecule has 1 saturated carbocycles. The van der Waals surface area contributed by atoms with Crippen molar-refractivity contribution in [2.45, 2.75) is 45.1 Å². The highest BCUT2D eigenvalue weighted by Gasteiger charge is 2.32. The van der Waals surface area contributed by atoms with Crippen molar-refractivity contribution in [2.24, 2.45) is 0 Å². The number of pyridine rings is 1. The van der Waals surface area contributed by atoms with Crippen LogP contribution in [0, 0.1) is 0 Å². The number of aromatic nitrogens is 3. The van der Waals surface area contributed by atoms with Gasteiger partial charge in [-0.15, -0.1) is 0 Å². The Labute approximate surface area is 193 Å². The Balaban J connectivity index is 1.57. The average molecular weight is 454 g/mol. The molecule has 2 aromatic rings. The van der Waals surface area contributed by atoms with E-state index in [4.69, 9.17) is 4.74 Å². The van der Waals surface area contributed by atoms with Crippen LogP contribution < -0.4 is 25.2 Å². The number of nitrogens with one attached hydrogen (secondary N) is 2. The third-order valence-electron chi connectivity index (χ3n) is 6.01. The van der Waals surface area contributed by atoms with E-state index >= 15 is 0 Å². The molecule has 1 aliphatic heterocycles. The fourth-order valence-corrected chi connectivity index (χ4v) is 4.38. The summed E-state index contributed by atoms with van der Waals surface area (Å²) in [4.78, 5) is 42.1. The molecule has 0 radical (unpaired) electrons. The van der Waals surface area contributed by atoms with E-state index in [1.54, 1.807) is 11.1 Å². The topological polar surface area (TPSA) is 113 Å². The number of rotatable bonds is 8. The Kier molecular flexibility index (Phi) is 7.33. The Morgan fingerprint density at radius 1 is 1.18 bits per heavy atom. The number of amides is 1. The Hall–Kier alpha value is -3.27. The molecule has 0 unspecified atom stereocenters. The van der Waals surface area contributed by atoms with E-state index in [1.165, 1.54) is 14.0 Å². The van der Waals surface area contributed by atoms with Gasteiger partial charge in [-0.25, -0.2) is 9.97 Å². The molecule has 0 atom stereocenters. The molecule has 2 N–H and O–H groups in total. The lowest BCUT2D eigenvalue weighted by atomic mass is 10.1. The highest BCUT2D eigenvalue weighted by atomic mass is 16.5. The van der Waals surface area contributed by atoms with Crippen molar-refractivity contribution >= 4 is 35.0 Å². The maximum atomic E-state index is 13.0. The first kappa shape index (κ1) is 22.9. The second kappa shape index (κ2) is 10.6. The van der Waals surface area contributed by atoms with Crippen molar-refractivity contribution in [1.29, 1.82) is 0 Å². The number of carbonyl (C=O) groups is 2. The van der Waals surface area contributed by atoms with E-state index in [0.29, 0.717) is 23.3 Å². The van der Waals surface area contributed by atoms with Crippen molar-refractivity contribution in [3.05, 3.63) is 24.5 Å². The zero-order valence-corrected chi connectivity index (χ0v) is 19.2. The SMILES string of the molecule is COc1cnc(Nc2ccc(N3CCNCC3)cn2)nc1N(C(=O)CC(C)=O)C1CCCC1. The minimum absolute atomic E-state index is 0.00931. The highest BCUT2D eigenvalue weighted by molar-refractivity contribution is 6.05. The molecule has 10 heteroatoms. The number of Topliss-reactive ketones (excluding diaryl/α,β-unsaturated/α-hetero) is 1. The van der Waals surface area contributed by atoms with E-state index in [9.17, 15) is 9.59 Å². The number of piperazine rings is 1. The summed E-state index contributed by atoms with van der Waals surface area (Å²) in [6.45, 7) is 5.24. The average Bonchev–Trinajstić information content (AvgIpc) is 3.34. The summed E-state index contributed by atoms with van der Waals surface area (Å²) in [6, 6.07) is 3.90. The van der Waals surface area contributed by atoms with Crippen LogP contribution in [0.2, 0.25) is 0 Å². The van der Waals surface area contributed by atoms with Crippen molar-refractivity contribution in [1.82, 2.24) is 20.3 Å². The number of hydrogen-bond acceptors (Lipinski definition) is 9. The predicted octanol–water partition coefficient (Wildman–Crippen LogP) is 2.29. The third-order valence-corrected chi connectivity index (χ3v) is 6.01. The second-order valence-electron chi connectivity index (χ2n) is 8.43. The van der Waals surface area contributed by atoms with Gasteiger partial charge in [-0.05, 0) is 31.9 Å². The first-order chi connectivity index (χ1) is 16.0. The zero-order valence-electron chi connectivity index (χ0n) is 19.2. The molecule has 0 aromatic carbocycles. The smallest absolute Gasteiger partial charge is 0.235 e. The van der Waals surface area contributed by atoms with Gasteiger partial charge in [0.1, 0.15) is 11.6 Å². The molecule has 2 fully saturated rings. The summed E-state index contributed by atoms with van der Waals surface area (Å²) in [6.07, 6.45) is 7.03. The van der Waals surface area contributed by atoms with Crippen molar-refractivity contribution in [3.8, 4) is 5.75 Å². The number of carbonyl (C=O) groups excluding carboxylic acids is 2. The fourth-order valence-electron chi connectivity index (χ4n) is 4.38. The van der Waals surface area contributed by atoms with Crippen LogP contribution in [0.4, 0.5) is 23.3 Å². The zero-order chi connectivity index (χ0) is 23.2. The van der Waals surface area contributed by atoms with Gasteiger partial charge in [-0.1, -0.05) is 12.8 Å². The normalized spacial score (nSPS) is 16.5. The first-order valence-corrected chi connectivity index (χ1v) is 11.5. The minimum Gasteiger partial charge on any atom is -0.491 e. The standard InChI is InChI=1S/C23H31N7O3/c1-16(31)13-21(32)30(17-5-3-4-6-17)22-19(33-2)15-26-23(28-22)27-20-8-7-18(14-25-20)29-11-9-24-10-12-29/h7-8,14-15,17,24H,3-6,9-13H2,1-2H3,(H,25,26,27,28). The molecule has 33 heavy (non-hydrogen) atoms. The lowest BCUT2D eigenvalue weighted by Crippen LogP contribution is -2.43. The number of hydrogen-bond donors (Lipinski definition) is 2. The summed E-state index contributed by atoms with van der Waals surface area (Å²) in [5, 5.41) is 6.47. The van der Waals surface area contributed by atoms with Crippen LogP contribution in [0.3, 0.4) is 0 Å². The lowest BCUT2D eigenvalue weighted by molar-refractivity contribution is -0.125. The minimum atomic E-state index is -0.268. The van der Waals surface area contributed by atoms with Gasteiger partial charge in [-0.3, -0.25) is 14.5 Å². The molecule has 0 spiro atoms. The summed E-state index contributed by atoms with van der Waals surface area (Å²) in [5.74, 6) is 1.25. The van der Waals surface area contributed by atoms with Crippen LogP contribution in [0.15, 0.2) is 24.5 Å². The number of nitrogens with zero attached hydrogens (tertiary/aromatic N) is 5. The summed E-state index contributed by atoms with van der Waals surface area (Å²) in [7, 11) is 1.52. The Morgan fingerprint density at radius 3 is 2.58 bits per heavy atom. The van der Waals surface area contributed by atoms with Crippen molar-refractivity contribution in [3.63, 3.8) is 0 Å². The summed E-state index contributed by atoms with van der Waals surface area (Å²) in [5.41, 5.74) is 1.07. The van der Waals surface area contributed by atoms with E-state index in [2.05, 4.69) is 30.5 Å². The molecule has 1 amide bonds. The molecule has 4 rings (SSSR count). The number of methoxy groups -OCH3 is 1. The van der Waals surface area contributed by atoms with Gasteiger partial charge in [0, 0.05) is 32.2 Å². The molecule has 2 aromatic heterocycles. The molecule has 10 nitrogen and oxygen atoms in total. The molecule has 2 aliphatic rings. The molecule has 176 valence electrons. The number of anilines is 4. The Bertz CT molecular complexity index is 971. The fraction of sp³-hybridized carbons (Fsp3) is 0.522. The molecule has 1 aliphatic carbocycles. The van der Waals surface area contributed by atoms with E-state index in [-0.39, 0.29) is 24.2 Å². The molecular formula is C23H31N7O3. The number of ketones is 1. The lowest BCUT2D eigenvalue weighted by Gasteiger charge is -2.29. The largest absolute Gasteiger partial charge is 0.491 e. The third kappa shape index (κ3) is 5.57. The van der Waals surface area contributed by atoms with Gasteiger partial charge in [0.2, 0.25) is 11.9 Å². The van der Waals surface area contributed by atoms with Crippen LogP contribution in [0.5, 0.6) is 5.75 Å². The molecular weight excluding hydrogens is 422 g/mol. The first-order valence-electron chi connectivity index (χ1n) is 11.5. The van der Waals surface area contributed by atoms with Gasteiger partial charge < -0.3 is 20.3 Å². The van der Waals surface area contributed by atoms with Gasteiger partial charge in [0.25, 0.3) is 0 Å². The van der Waals surface area contributed by atoms with Crippen LogP contribution in [0.25, 0.3) is 0 Å². The van der Waals surface area contributed by atoms with Crippen LogP contribution in [-0.2, 0) is 9.59 Å². The van der Waals surface area contributed by atoms with Crippen LogP contribution in [-0.4, -0.2) is 66.0 Å². The Morgan fingerprint density at radius 2 is 1.94 bits per heavy atom. The summed E-state index contributed by atoms with van der Waals surface area (Å²) >= 11 is 0. The number of ether oxygens (including phenoxy) is 1. The van der Waals surface area contributed by atoms with E-state index in [0.717, 1.165) is 57.5 Å².